The Morgan fingerprint density at radius 2 is 1.93 bits per heavy atom. The van der Waals surface area contributed by atoms with E-state index in [0.29, 0.717) is 0 Å². The predicted molar refractivity (Wildman–Crippen MR) is 60.6 cm³/mol. The van der Waals surface area contributed by atoms with E-state index in [-0.39, 0.29) is 6.10 Å². The zero-order chi connectivity index (χ0) is 10.6. The second-order valence-electron chi connectivity index (χ2n) is 3.60. The molecule has 0 aliphatic rings. The molecule has 78 valence electrons. The number of hydrogen-bond acceptors (Lipinski definition) is 2. The molecule has 0 atom stereocenters. The van der Waals surface area contributed by atoms with Gasteiger partial charge < -0.3 is 10.5 Å². The van der Waals surface area contributed by atoms with E-state index in [0.717, 1.165) is 24.3 Å². The summed E-state index contributed by atoms with van der Waals surface area (Å²) < 4.78 is 5.80. The lowest BCUT2D eigenvalue weighted by Gasteiger charge is -2.17. The summed E-state index contributed by atoms with van der Waals surface area (Å²) in [6.45, 7) is 6.29. The van der Waals surface area contributed by atoms with E-state index >= 15 is 0 Å². The summed E-state index contributed by atoms with van der Waals surface area (Å²) in [5.41, 5.74) is 7.73. The second-order valence-corrected chi connectivity index (χ2v) is 3.60. The smallest absolute Gasteiger partial charge is 0.142 e. The van der Waals surface area contributed by atoms with Crippen molar-refractivity contribution in [2.24, 2.45) is 0 Å². The van der Waals surface area contributed by atoms with Crippen LogP contribution in [0.4, 0.5) is 5.69 Å². The third-order valence-electron chi connectivity index (χ3n) is 2.37. The van der Waals surface area contributed by atoms with Gasteiger partial charge in [0, 0.05) is 0 Å². The lowest BCUT2D eigenvalue weighted by Crippen LogP contribution is -2.14. The molecule has 0 aliphatic carbocycles. The maximum Gasteiger partial charge on any atom is 0.142 e. The minimum Gasteiger partial charge on any atom is -0.488 e. The first kappa shape index (κ1) is 10.9. The van der Waals surface area contributed by atoms with Gasteiger partial charge in [-0.3, -0.25) is 0 Å². The van der Waals surface area contributed by atoms with Gasteiger partial charge in [-0.25, -0.2) is 0 Å². The molecule has 1 rings (SSSR count). The van der Waals surface area contributed by atoms with Crippen molar-refractivity contribution in [1.82, 2.24) is 0 Å². The number of aryl methyl sites for hydroxylation is 1. The maximum atomic E-state index is 5.82. The maximum absolute atomic E-state index is 5.82. The van der Waals surface area contributed by atoms with Gasteiger partial charge in [0.05, 0.1) is 11.8 Å². The average Bonchev–Trinajstić information content (AvgIpc) is 2.19. The quantitative estimate of drug-likeness (QED) is 0.745. The van der Waals surface area contributed by atoms with E-state index in [1.165, 1.54) is 5.56 Å². The van der Waals surface area contributed by atoms with Crippen molar-refractivity contribution in [3.63, 3.8) is 0 Å². The van der Waals surface area contributed by atoms with Gasteiger partial charge in [-0.15, -0.1) is 0 Å². The summed E-state index contributed by atoms with van der Waals surface area (Å²) in [7, 11) is 0. The summed E-state index contributed by atoms with van der Waals surface area (Å²) in [6.07, 6.45) is 2.31. The second kappa shape index (κ2) is 4.89. The van der Waals surface area contributed by atoms with E-state index in [4.69, 9.17) is 10.5 Å². The number of rotatable bonds is 4. The van der Waals surface area contributed by atoms with Crippen molar-refractivity contribution >= 4 is 5.69 Å². The van der Waals surface area contributed by atoms with Crippen LogP contribution in [0.25, 0.3) is 0 Å². The summed E-state index contributed by atoms with van der Waals surface area (Å²) >= 11 is 0. The zero-order valence-electron chi connectivity index (χ0n) is 9.21. The highest BCUT2D eigenvalue weighted by Crippen LogP contribution is 2.24. The molecule has 1 aromatic rings. The molecule has 0 aromatic heterocycles. The SMILES string of the molecule is CCC(CC)Oc1cc(C)ccc1N. The molecule has 0 bridgehead atoms. The van der Waals surface area contributed by atoms with Crippen LogP contribution in [0.1, 0.15) is 32.3 Å². The van der Waals surface area contributed by atoms with Gasteiger partial charge in [0.2, 0.25) is 0 Å². The lowest BCUT2D eigenvalue weighted by molar-refractivity contribution is 0.194. The van der Waals surface area contributed by atoms with Crippen molar-refractivity contribution in [1.29, 1.82) is 0 Å². The van der Waals surface area contributed by atoms with E-state index in [2.05, 4.69) is 13.8 Å². The first-order valence-corrected chi connectivity index (χ1v) is 5.20. The fourth-order valence-corrected chi connectivity index (χ4v) is 1.38. The molecular weight excluding hydrogens is 174 g/mol. The van der Waals surface area contributed by atoms with E-state index in [1.807, 2.05) is 25.1 Å². The standard InChI is InChI=1S/C12H19NO/c1-4-10(5-2)14-12-8-9(3)6-7-11(12)13/h6-8,10H,4-5,13H2,1-3H3. The normalized spacial score (nSPS) is 10.6. The Kier molecular flexibility index (Phi) is 3.81. The minimum absolute atomic E-state index is 0.277. The highest BCUT2D eigenvalue weighted by molar-refractivity contribution is 5.53. The van der Waals surface area contributed by atoms with Crippen molar-refractivity contribution in [2.75, 3.05) is 5.73 Å². The van der Waals surface area contributed by atoms with E-state index in [1.54, 1.807) is 0 Å². The Hall–Kier alpha value is -1.18. The van der Waals surface area contributed by atoms with Crippen LogP contribution in [-0.2, 0) is 0 Å². The number of ether oxygens (including phenoxy) is 1. The number of anilines is 1. The molecule has 0 radical (unpaired) electrons. The molecule has 0 fully saturated rings. The number of hydrogen-bond donors (Lipinski definition) is 1. The molecular formula is C12H19NO. The molecule has 0 saturated heterocycles. The Morgan fingerprint density at radius 1 is 1.29 bits per heavy atom. The van der Waals surface area contributed by atoms with Crippen molar-refractivity contribution in [2.45, 2.75) is 39.7 Å². The van der Waals surface area contributed by atoms with Crippen LogP contribution in [0.2, 0.25) is 0 Å². The third-order valence-corrected chi connectivity index (χ3v) is 2.37. The minimum atomic E-state index is 0.277. The van der Waals surface area contributed by atoms with Crippen molar-refractivity contribution < 1.29 is 4.74 Å². The highest BCUT2D eigenvalue weighted by Gasteiger charge is 2.07. The highest BCUT2D eigenvalue weighted by atomic mass is 16.5. The molecule has 0 amide bonds. The molecule has 2 heteroatoms. The molecule has 2 nitrogen and oxygen atoms in total. The largest absolute Gasteiger partial charge is 0.488 e. The van der Waals surface area contributed by atoms with Gasteiger partial charge in [-0.2, -0.15) is 0 Å². The molecule has 1 aromatic carbocycles. The fourth-order valence-electron chi connectivity index (χ4n) is 1.38. The van der Waals surface area contributed by atoms with Crippen LogP contribution in [0.3, 0.4) is 0 Å². The molecule has 0 heterocycles. The Morgan fingerprint density at radius 3 is 2.50 bits per heavy atom. The summed E-state index contributed by atoms with van der Waals surface area (Å²) in [5.74, 6) is 0.818. The van der Waals surface area contributed by atoms with E-state index < -0.39 is 0 Å². The average molecular weight is 193 g/mol. The molecule has 0 unspecified atom stereocenters. The zero-order valence-corrected chi connectivity index (χ0v) is 9.21. The van der Waals surface area contributed by atoms with Crippen LogP contribution >= 0.6 is 0 Å². The molecule has 0 spiro atoms. The first-order valence-electron chi connectivity index (χ1n) is 5.20. The number of nitrogen functional groups attached to an aromatic ring is 1. The van der Waals surface area contributed by atoms with Crippen LogP contribution < -0.4 is 10.5 Å². The first-order chi connectivity index (χ1) is 6.67. The third kappa shape index (κ3) is 2.66. The molecule has 0 aliphatic heterocycles. The lowest BCUT2D eigenvalue weighted by atomic mass is 10.2. The van der Waals surface area contributed by atoms with Gasteiger partial charge in [0.25, 0.3) is 0 Å². The van der Waals surface area contributed by atoms with Gasteiger partial charge in [0.15, 0.2) is 0 Å². The number of benzene rings is 1. The van der Waals surface area contributed by atoms with Crippen LogP contribution in [0.15, 0.2) is 18.2 Å². The van der Waals surface area contributed by atoms with Gasteiger partial charge >= 0.3 is 0 Å². The molecule has 0 saturated carbocycles. The van der Waals surface area contributed by atoms with E-state index in [9.17, 15) is 0 Å². The summed E-state index contributed by atoms with van der Waals surface area (Å²) in [5, 5.41) is 0. The molecule has 14 heavy (non-hydrogen) atoms. The van der Waals surface area contributed by atoms with Gasteiger partial charge in [-0.05, 0) is 37.5 Å². The number of nitrogens with two attached hydrogens (primary N) is 1. The van der Waals surface area contributed by atoms with Gasteiger partial charge in [0.1, 0.15) is 5.75 Å². The predicted octanol–water partition coefficient (Wildman–Crippen LogP) is 3.14. The Balaban J connectivity index is 2.79. The van der Waals surface area contributed by atoms with Crippen molar-refractivity contribution in [3.8, 4) is 5.75 Å². The van der Waals surface area contributed by atoms with Crippen LogP contribution in [0, 0.1) is 6.92 Å². The Labute approximate surface area is 86.1 Å². The molecule has 2 N–H and O–H groups in total. The van der Waals surface area contributed by atoms with Crippen molar-refractivity contribution in [3.05, 3.63) is 23.8 Å². The Bertz CT molecular complexity index is 292. The van der Waals surface area contributed by atoms with Crippen LogP contribution in [0.5, 0.6) is 5.75 Å². The fraction of sp³-hybridized carbons (Fsp3) is 0.500. The van der Waals surface area contributed by atoms with Gasteiger partial charge in [-0.1, -0.05) is 19.9 Å². The topological polar surface area (TPSA) is 35.2 Å². The van der Waals surface area contributed by atoms with Crippen LogP contribution in [-0.4, -0.2) is 6.10 Å². The summed E-state index contributed by atoms with van der Waals surface area (Å²) in [6, 6.07) is 5.88. The monoisotopic (exact) mass is 193 g/mol. The summed E-state index contributed by atoms with van der Waals surface area (Å²) in [4.78, 5) is 0.